The number of anilines is 1. The topological polar surface area (TPSA) is 42.0 Å². The van der Waals surface area contributed by atoms with Gasteiger partial charge in [-0.25, -0.2) is 4.98 Å². The van der Waals surface area contributed by atoms with Crippen LogP contribution in [-0.4, -0.2) is 10.9 Å². The maximum absolute atomic E-state index is 12.0. The van der Waals surface area contributed by atoms with Gasteiger partial charge in [0.15, 0.2) is 0 Å². The average Bonchev–Trinajstić information content (AvgIpc) is 2.68. The van der Waals surface area contributed by atoms with E-state index in [1.165, 1.54) is 0 Å². The summed E-state index contributed by atoms with van der Waals surface area (Å²) in [5, 5.41) is 2.89. The molecule has 1 N–H and O–H groups in total. The molecule has 1 aliphatic rings. The zero-order chi connectivity index (χ0) is 11.5. The van der Waals surface area contributed by atoms with Gasteiger partial charge in [-0.15, -0.1) is 0 Å². The molecule has 2 unspecified atom stereocenters. The average molecular weight is 283 g/mol. The molecule has 1 fully saturated rings. The maximum atomic E-state index is 12.0. The molecule has 1 aliphatic carbocycles. The van der Waals surface area contributed by atoms with Gasteiger partial charge < -0.3 is 5.32 Å². The first-order valence-electron chi connectivity index (χ1n) is 5.60. The van der Waals surface area contributed by atoms with Crippen molar-refractivity contribution in [1.82, 2.24) is 4.98 Å². The van der Waals surface area contributed by atoms with Crippen LogP contribution in [0.5, 0.6) is 0 Å². The number of nitrogens with zero attached hydrogens (tertiary/aromatic N) is 1. The summed E-state index contributed by atoms with van der Waals surface area (Å²) >= 11 is 3.37. The van der Waals surface area contributed by atoms with E-state index < -0.39 is 0 Å². The van der Waals surface area contributed by atoms with E-state index in [-0.39, 0.29) is 11.8 Å². The first-order valence-corrected chi connectivity index (χ1v) is 6.39. The number of pyridine rings is 1. The molecule has 2 rings (SSSR count). The largest absolute Gasteiger partial charge is 0.310 e. The molecule has 0 aromatic carbocycles. The summed E-state index contributed by atoms with van der Waals surface area (Å²) in [7, 11) is 0. The van der Waals surface area contributed by atoms with Crippen LogP contribution in [0.2, 0.25) is 0 Å². The molecular weight excluding hydrogens is 268 g/mol. The second-order valence-electron chi connectivity index (χ2n) is 4.34. The van der Waals surface area contributed by atoms with Crippen LogP contribution in [0.4, 0.5) is 5.82 Å². The summed E-state index contributed by atoms with van der Waals surface area (Å²) < 4.78 is 0.828. The smallest absolute Gasteiger partial charge is 0.228 e. The zero-order valence-electron chi connectivity index (χ0n) is 9.24. The standard InChI is InChI=1S/C12H15BrN2O/c1-8-4-2-5-9(8)12(16)15-11-10(13)6-3-7-14-11/h3,6-9H,2,4-5H2,1H3,(H,14,15,16). The van der Waals surface area contributed by atoms with Gasteiger partial charge in [-0.3, -0.25) is 4.79 Å². The van der Waals surface area contributed by atoms with Gasteiger partial charge in [0.05, 0.1) is 4.47 Å². The molecule has 0 aliphatic heterocycles. The lowest BCUT2D eigenvalue weighted by molar-refractivity contribution is -0.120. The van der Waals surface area contributed by atoms with Crippen molar-refractivity contribution in [3.8, 4) is 0 Å². The summed E-state index contributed by atoms with van der Waals surface area (Å²) in [5.41, 5.74) is 0. The van der Waals surface area contributed by atoms with Crippen molar-refractivity contribution < 1.29 is 4.79 Å². The van der Waals surface area contributed by atoms with Crippen LogP contribution < -0.4 is 5.32 Å². The number of carbonyl (C=O) groups excluding carboxylic acids is 1. The van der Waals surface area contributed by atoms with E-state index in [1.807, 2.05) is 12.1 Å². The normalized spacial score (nSPS) is 24.4. The molecule has 86 valence electrons. The summed E-state index contributed by atoms with van der Waals surface area (Å²) in [6, 6.07) is 3.71. The Morgan fingerprint density at radius 3 is 3.00 bits per heavy atom. The van der Waals surface area contributed by atoms with Crippen LogP contribution >= 0.6 is 15.9 Å². The predicted molar refractivity (Wildman–Crippen MR) is 67.1 cm³/mol. The van der Waals surface area contributed by atoms with E-state index in [0.717, 1.165) is 23.7 Å². The van der Waals surface area contributed by atoms with E-state index in [2.05, 4.69) is 33.2 Å². The van der Waals surface area contributed by atoms with Crippen LogP contribution in [0, 0.1) is 11.8 Å². The SMILES string of the molecule is CC1CCCC1C(=O)Nc1ncccc1Br. The maximum Gasteiger partial charge on any atom is 0.228 e. The van der Waals surface area contributed by atoms with Gasteiger partial charge in [0.1, 0.15) is 5.82 Å². The second kappa shape index (κ2) is 4.95. The van der Waals surface area contributed by atoms with E-state index in [9.17, 15) is 4.79 Å². The molecule has 0 radical (unpaired) electrons. The van der Waals surface area contributed by atoms with Gasteiger partial charge in [-0.1, -0.05) is 13.3 Å². The lowest BCUT2D eigenvalue weighted by atomic mass is 9.97. The van der Waals surface area contributed by atoms with Crippen molar-refractivity contribution in [2.45, 2.75) is 26.2 Å². The quantitative estimate of drug-likeness (QED) is 0.905. The predicted octanol–water partition coefficient (Wildman–Crippen LogP) is 3.22. The van der Waals surface area contributed by atoms with Gasteiger partial charge in [0, 0.05) is 12.1 Å². The fraction of sp³-hybridized carbons (Fsp3) is 0.500. The first-order chi connectivity index (χ1) is 7.68. The Kier molecular flexibility index (Phi) is 3.59. The monoisotopic (exact) mass is 282 g/mol. The van der Waals surface area contributed by atoms with E-state index in [4.69, 9.17) is 0 Å². The Labute approximate surface area is 104 Å². The molecular formula is C12H15BrN2O. The lowest BCUT2D eigenvalue weighted by Gasteiger charge is -2.15. The highest BCUT2D eigenvalue weighted by molar-refractivity contribution is 9.10. The number of aromatic nitrogens is 1. The second-order valence-corrected chi connectivity index (χ2v) is 5.19. The molecule has 1 aromatic rings. The summed E-state index contributed by atoms with van der Waals surface area (Å²) in [6.07, 6.45) is 4.99. The third-order valence-electron chi connectivity index (χ3n) is 3.20. The van der Waals surface area contributed by atoms with Crippen LogP contribution in [0.1, 0.15) is 26.2 Å². The minimum Gasteiger partial charge on any atom is -0.310 e. The summed E-state index contributed by atoms with van der Waals surface area (Å²) in [4.78, 5) is 16.1. The molecule has 3 nitrogen and oxygen atoms in total. The molecule has 1 heterocycles. The zero-order valence-corrected chi connectivity index (χ0v) is 10.8. The summed E-state index contributed by atoms with van der Waals surface area (Å²) in [6.45, 7) is 2.14. The molecule has 0 bridgehead atoms. The number of hydrogen-bond acceptors (Lipinski definition) is 2. The number of nitrogens with one attached hydrogen (secondary N) is 1. The Hall–Kier alpha value is -0.900. The van der Waals surface area contributed by atoms with Gasteiger partial charge in [0.25, 0.3) is 0 Å². The molecule has 0 spiro atoms. The highest BCUT2D eigenvalue weighted by atomic mass is 79.9. The van der Waals surface area contributed by atoms with Gasteiger partial charge >= 0.3 is 0 Å². The molecule has 2 atom stereocenters. The molecule has 0 saturated heterocycles. The number of hydrogen-bond donors (Lipinski definition) is 1. The van der Waals surface area contributed by atoms with Crippen LogP contribution in [0.25, 0.3) is 0 Å². The van der Waals surface area contributed by atoms with Gasteiger partial charge in [-0.05, 0) is 46.8 Å². The fourth-order valence-electron chi connectivity index (χ4n) is 2.22. The van der Waals surface area contributed by atoms with Gasteiger partial charge in [0.2, 0.25) is 5.91 Å². The number of amides is 1. The van der Waals surface area contributed by atoms with Crippen LogP contribution in [0.3, 0.4) is 0 Å². The van der Waals surface area contributed by atoms with E-state index >= 15 is 0 Å². The molecule has 4 heteroatoms. The van der Waals surface area contributed by atoms with Gasteiger partial charge in [-0.2, -0.15) is 0 Å². The van der Waals surface area contributed by atoms with Crippen molar-refractivity contribution in [2.24, 2.45) is 11.8 Å². The highest BCUT2D eigenvalue weighted by Gasteiger charge is 2.29. The number of rotatable bonds is 2. The third kappa shape index (κ3) is 2.43. The third-order valence-corrected chi connectivity index (χ3v) is 3.84. The number of carbonyl (C=O) groups is 1. The van der Waals surface area contributed by atoms with E-state index in [0.29, 0.717) is 11.7 Å². The minimum absolute atomic E-state index is 0.101. The van der Waals surface area contributed by atoms with Crippen molar-refractivity contribution in [3.05, 3.63) is 22.8 Å². The Morgan fingerprint density at radius 2 is 2.38 bits per heavy atom. The Balaban J connectivity index is 2.05. The fourth-order valence-corrected chi connectivity index (χ4v) is 2.58. The van der Waals surface area contributed by atoms with Crippen molar-refractivity contribution >= 4 is 27.7 Å². The Bertz CT molecular complexity index is 394. The first kappa shape index (κ1) is 11.6. The number of halogens is 1. The van der Waals surface area contributed by atoms with Crippen LogP contribution in [0.15, 0.2) is 22.8 Å². The minimum atomic E-state index is 0.101. The van der Waals surface area contributed by atoms with Crippen molar-refractivity contribution in [2.75, 3.05) is 5.32 Å². The molecule has 1 aromatic heterocycles. The molecule has 1 saturated carbocycles. The molecule has 16 heavy (non-hydrogen) atoms. The van der Waals surface area contributed by atoms with E-state index in [1.54, 1.807) is 6.20 Å². The molecule has 1 amide bonds. The van der Waals surface area contributed by atoms with Crippen molar-refractivity contribution in [3.63, 3.8) is 0 Å². The Morgan fingerprint density at radius 1 is 1.56 bits per heavy atom. The van der Waals surface area contributed by atoms with Crippen molar-refractivity contribution in [1.29, 1.82) is 0 Å². The summed E-state index contributed by atoms with van der Waals surface area (Å²) in [5.74, 6) is 1.35. The lowest BCUT2D eigenvalue weighted by Crippen LogP contribution is -2.25. The van der Waals surface area contributed by atoms with Crippen LogP contribution in [-0.2, 0) is 4.79 Å². The highest BCUT2D eigenvalue weighted by Crippen LogP contribution is 2.32.